The van der Waals surface area contributed by atoms with Crippen molar-refractivity contribution in [1.82, 2.24) is 10.2 Å². The summed E-state index contributed by atoms with van der Waals surface area (Å²) in [6, 6.07) is 7.99. The third-order valence-electron chi connectivity index (χ3n) is 3.57. The lowest BCUT2D eigenvalue weighted by atomic mass is 10.2. The number of anilines is 2. The van der Waals surface area contributed by atoms with E-state index in [2.05, 4.69) is 17.1 Å². The Kier molecular flexibility index (Phi) is 5.09. The second-order valence-corrected chi connectivity index (χ2v) is 5.15. The minimum absolute atomic E-state index is 0.0611. The van der Waals surface area contributed by atoms with Crippen molar-refractivity contribution in [3.05, 3.63) is 24.3 Å². The van der Waals surface area contributed by atoms with Crippen LogP contribution in [0.5, 0.6) is 0 Å². The maximum atomic E-state index is 12.0. The van der Waals surface area contributed by atoms with Gasteiger partial charge in [-0.1, -0.05) is 6.92 Å². The van der Waals surface area contributed by atoms with E-state index >= 15 is 0 Å². The summed E-state index contributed by atoms with van der Waals surface area (Å²) in [5, 5.41) is 2.94. The van der Waals surface area contributed by atoms with Crippen molar-refractivity contribution in [2.75, 3.05) is 43.4 Å². The second kappa shape index (κ2) is 7.03. The van der Waals surface area contributed by atoms with E-state index in [9.17, 15) is 4.79 Å². The second-order valence-electron chi connectivity index (χ2n) is 5.15. The molecule has 2 amide bonds. The van der Waals surface area contributed by atoms with Gasteiger partial charge in [0.15, 0.2) is 0 Å². The largest absolute Gasteiger partial charge is 0.399 e. The van der Waals surface area contributed by atoms with Gasteiger partial charge in [-0.25, -0.2) is 4.79 Å². The van der Waals surface area contributed by atoms with Crippen molar-refractivity contribution in [3.63, 3.8) is 0 Å². The Bertz CT molecular complexity index is 432. The Labute approximate surface area is 120 Å². The van der Waals surface area contributed by atoms with Gasteiger partial charge in [-0.05, 0) is 37.1 Å². The highest BCUT2D eigenvalue weighted by atomic mass is 16.2. The van der Waals surface area contributed by atoms with E-state index in [-0.39, 0.29) is 6.03 Å². The highest BCUT2D eigenvalue weighted by Crippen LogP contribution is 2.18. The highest BCUT2D eigenvalue weighted by Gasteiger charge is 2.18. The lowest BCUT2D eigenvalue weighted by Gasteiger charge is -2.24. The van der Waals surface area contributed by atoms with Gasteiger partial charge in [0, 0.05) is 44.1 Å². The standard InChI is InChI=1S/C15H24N4O/c1-2-8-17-15(20)19-10-3-9-18(11-12-19)14-6-4-13(16)5-7-14/h4-7H,2-3,8-12,16H2,1H3,(H,17,20). The van der Waals surface area contributed by atoms with Gasteiger partial charge in [0.2, 0.25) is 0 Å². The van der Waals surface area contributed by atoms with Gasteiger partial charge in [-0.3, -0.25) is 0 Å². The molecule has 3 N–H and O–H groups in total. The number of hydrogen-bond acceptors (Lipinski definition) is 3. The van der Waals surface area contributed by atoms with Crippen LogP contribution in [0, 0.1) is 0 Å². The molecule has 1 aromatic rings. The van der Waals surface area contributed by atoms with Crippen LogP contribution in [0.1, 0.15) is 19.8 Å². The highest BCUT2D eigenvalue weighted by molar-refractivity contribution is 5.74. The monoisotopic (exact) mass is 276 g/mol. The van der Waals surface area contributed by atoms with Crippen molar-refractivity contribution < 1.29 is 4.79 Å². The fourth-order valence-corrected chi connectivity index (χ4v) is 2.41. The first-order valence-corrected chi connectivity index (χ1v) is 7.34. The van der Waals surface area contributed by atoms with Crippen LogP contribution >= 0.6 is 0 Å². The van der Waals surface area contributed by atoms with Gasteiger partial charge in [0.1, 0.15) is 0 Å². The van der Waals surface area contributed by atoms with Crippen LogP contribution in [0.2, 0.25) is 0 Å². The van der Waals surface area contributed by atoms with Crippen LogP contribution in [-0.4, -0.2) is 43.7 Å². The number of carbonyl (C=O) groups is 1. The first-order chi connectivity index (χ1) is 9.70. The van der Waals surface area contributed by atoms with Gasteiger partial charge in [-0.2, -0.15) is 0 Å². The summed E-state index contributed by atoms with van der Waals surface area (Å²) in [4.78, 5) is 16.2. The Morgan fingerprint density at radius 2 is 1.95 bits per heavy atom. The van der Waals surface area contributed by atoms with Crippen molar-refractivity contribution in [2.45, 2.75) is 19.8 Å². The summed E-state index contributed by atoms with van der Waals surface area (Å²) in [5.41, 5.74) is 7.67. The number of nitrogens with zero attached hydrogens (tertiary/aromatic N) is 2. The normalized spacial score (nSPS) is 15.8. The number of nitrogen functional groups attached to an aromatic ring is 1. The molecule has 0 aliphatic carbocycles. The Morgan fingerprint density at radius 3 is 2.65 bits per heavy atom. The number of amides is 2. The summed E-state index contributed by atoms with van der Waals surface area (Å²) >= 11 is 0. The van der Waals surface area contributed by atoms with Crippen LogP contribution in [0.25, 0.3) is 0 Å². The number of rotatable bonds is 3. The molecule has 5 nitrogen and oxygen atoms in total. The van der Waals surface area contributed by atoms with Gasteiger partial charge < -0.3 is 20.9 Å². The average Bonchev–Trinajstić information content (AvgIpc) is 2.71. The van der Waals surface area contributed by atoms with Crippen molar-refractivity contribution in [1.29, 1.82) is 0 Å². The van der Waals surface area contributed by atoms with Gasteiger partial charge in [0.25, 0.3) is 0 Å². The smallest absolute Gasteiger partial charge is 0.317 e. The van der Waals surface area contributed by atoms with E-state index in [0.717, 1.165) is 51.3 Å². The summed E-state index contributed by atoms with van der Waals surface area (Å²) in [7, 11) is 0. The molecule has 0 radical (unpaired) electrons. The molecule has 1 fully saturated rings. The van der Waals surface area contributed by atoms with Gasteiger partial charge in [-0.15, -0.1) is 0 Å². The lowest BCUT2D eigenvalue weighted by molar-refractivity contribution is 0.201. The van der Waals surface area contributed by atoms with E-state index in [1.807, 2.05) is 29.2 Å². The number of nitrogens with two attached hydrogens (primary N) is 1. The molecule has 0 spiro atoms. The zero-order valence-electron chi connectivity index (χ0n) is 12.1. The summed E-state index contributed by atoms with van der Waals surface area (Å²) in [5.74, 6) is 0. The van der Waals surface area contributed by atoms with Crippen molar-refractivity contribution >= 4 is 17.4 Å². The molecule has 1 heterocycles. The van der Waals surface area contributed by atoms with Crippen LogP contribution in [-0.2, 0) is 0 Å². The topological polar surface area (TPSA) is 61.6 Å². The van der Waals surface area contributed by atoms with Crippen LogP contribution in [0.4, 0.5) is 16.2 Å². The maximum absolute atomic E-state index is 12.0. The lowest BCUT2D eigenvalue weighted by Crippen LogP contribution is -2.42. The minimum atomic E-state index is 0.0611. The molecule has 0 saturated carbocycles. The quantitative estimate of drug-likeness (QED) is 0.829. The van der Waals surface area contributed by atoms with Crippen LogP contribution < -0.4 is 16.0 Å². The molecule has 1 saturated heterocycles. The molecule has 110 valence electrons. The molecule has 20 heavy (non-hydrogen) atoms. The number of hydrogen-bond donors (Lipinski definition) is 2. The van der Waals surface area contributed by atoms with E-state index < -0.39 is 0 Å². The fourth-order valence-electron chi connectivity index (χ4n) is 2.41. The predicted octanol–water partition coefficient (Wildman–Crippen LogP) is 1.90. The number of nitrogens with one attached hydrogen (secondary N) is 1. The molecule has 5 heteroatoms. The van der Waals surface area contributed by atoms with E-state index in [4.69, 9.17) is 5.73 Å². The Balaban J connectivity index is 1.91. The van der Waals surface area contributed by atoms with Crippen molar-refractivity contribution in [3.8, 4) is 0 Å². The number of urea groups is 1. The van der Waals surface area contributed by atoms with E-state index in [1.54, 1.807) is 0 Å². The van der Waals surface area contributed by atoms with Gasteiger partial charge in [0.05, 0.1) is 0 Å². The summed E-state index contributed by atoms with van der Waals surface area (Å²) < 4.78 is 0. The molecular weight excluding hydrogens is 252 g/mol. The molecule has 1 aliphatic rings. The van der Waals surface area contributed by atoms with E-state index in [1.165, 1.54) is 5.69 Å². The molecule has 0 unspecified atom stereocenters. The Hall–Kier alpha value is -1.91. The van der Waals surface area contributed by atoms with Crippen LogP contribution in [0.3, 0.4) is 0 Å². The summed E-state index contributed by atoms with van der Waals surface area (Å²) in [6.45, 7) is 6.23. The summed E-state index contributed by atoms with van der Waals surface area (Å²) in [6.07, 6.45) is 1.96. The number of benzene rings is 1. The zero-order valence-corrected chi connectivity index (χ0v) is 12.1. The first-order valence-electron chi connectivity index (χ1n) is 7.34. The molecule has 1 aromatic carbocycles. The third kappa shape index (κ3) is 3.79. The molecule has 0 aromatic heterocycles. The molecule has 1 aliphatic heterocycles. The predicted molar refractivity (Wildman–Crippen MR) is 82.9 cm³/mol. The first kappa shape index (κ1) is 14.5. The fraction of sp³-hybridized carbons (Fsp3) is 0.533. The SMILES string of the molecule is CCCNC(=O)N1CCCN(c2ccc(N)cc2)CC1. The van der Waals surface area contributed by atoms with Gasteiger partial charge >= 0.3 is 6.03 Å². The molecule has 2 rings (SSSR count). The zero-order chi connectivity index (χ0) is 14.4. The van der Waals surface area contributed by atoms with Crippen LogP contribution in [0.15, 0.2) is 24.3 Å². The minimum Gasteiger partial charge on any atom is -0.399 e. The number of carbonyl (C=O) groups excluding carboxylic acids is 1. The Morgan fingerprint density at radius 1 is 1.20 bits per heavy atom. The molecule has 0 atom stereocenters. The molecule has 0 bridgehead atoms. The maximum Gasteiger partial charge on any atom is 0.317 e. The van der Waals surface area contributed by atoms with E-state index in [0.29, 0.717) is 0 Å². The third-order valence-corrected chi connectivity index (χ3v) is 3.57. The molecular formula is C15H24N4O. The average molecular weight is 276 g/mol. The van der Waals surface area contributed by atoms with Crippen molar-refractivity contribution in [2.24, 2.45) is 0 Å².